The van der Waals surface area contributed by atoms with Crippen LogP contribution in [0.5, 0.6) is 0 Å². The van der Waals surface area contributed by atoms with Crippen LogP contribution in [0, 0.1) is 23.4 Å². The molecule has 0 aromatic heterocycles. The SMILES string of the molecule is CC=CCCC(F)=C(F)c1ccc(C2COC(C3CCC(c4cc(F)c(F)c(F)c4)CC3)OC2)cc1. The van der Waals surface area contributed by atoms with Crippen molar-refractivity contribution in [1.82, 2.24) is 0 Å². The Bertz CT molecular complexity index is 1060. The molecular weight excluding hydrogens is 475 g/mol. The number of ether oxygens (including phenoxy) is 2. The van der Waals surface area contributed by atoms with Gasteiger partial charge in [0.1, 0.15) is 5.83 Å². The first-order valence-electron chi connectivity index (χ1n) is 12.5. The van der Waals surface area contributed by atoms with Crippen LogP contribution < -0.4 is 0 Å². The Balaban J connectivity index is 1.27. The summed E-state index contributed by atoms with van der Waals surface area (Å²) < 4.78 is 80.9. The zero-order chi connectivity index (χ0) is 25.7. The first-order chi connectivity index (χ1) is 17.4. The summed E-state index contributed by atoms with van der Waals surface area (Å²) in [7, 11) is 0. The number of benzene rings is 2. The minimum absolute atomic E-state index is 0.0108. The standard InChI is InChI=1S/C29H31F5O2/c1-2-3-4-5-24(30)27(33)20-10-6-19(7-11-20)23-16-35-29(36-17-23)21-12-8-18(9-13-21)22-14-25(31)28(34)26(32)15-22/h2-3,6-7,10-11,14-15,18,21,23,29H,4-5,8-9,12-13,16-17H2,1H3. The van der Waals surface area contributed by atoms with Gasteiger partial charge >= 0.3 is 0 Å². The van der Waals surface area contributed by atoms with E-state index in [4.69, 9.17) is 9.47 Å². The van der Waals surface area contributed by atoms with Crippen molar-refractivity contribution in [2.24, 2.45) is 5.92 Å². The highest BCUT2D eigenvalue weighted by Gasteiger charge is 2.33. The Labute approximate surface area is 208 Å². The third-order valence-electron chi connectivity index (χ3n) is 7.20. The van der Waals surface area contributed by atoms with Gasteiger partial charge in [0.2, 0.25) is 0 Å². The van der Waals surface area contributed by atoms with Gasteiger partial charge in [-0.2, -0.15) is 0 Å². The van der Waals surface area contributed by atoms with E-state index in [0.717, 1.165) is 30.5 Å². The smallest absolute Gasteiger partial charge is 0.194 e. The molecule has 2 aromatic rings. The predicted octanol–water partition coefficient (Wildman–Crippen LogP) is 8.50. The van der Waals surface area contributed by atoms with Crippen LogP contribution in [0.15, 0.2) is 54.4 Å². The van der Waals surface area contributed by atoms with Crippen molar-refractivity contribution in [3.63, 3.8) is 0 Å². The fourth-order valence-electron chi connectivity index (χ4n) is 5.06. The maximum atomic E-state index is 14.4. The van der Waals surface area contributed by atoms with Gasteiger partial charge in [0.05, 0.1) is 13.2 Å². The van der Waals surface area contributed by atoms with Crippen LogP contribution in [-0.4, -0.2) is 19.5 Å². The molecule has 0 radical (unpaired) electrons. The lowest BCUT2D eigenvalue weighted by molar-refractivity contribution is -0.217. The van der Waals surface area contributed by atoms with Crippen molar-refractivity contribution in [1.29, 1.82) is 0 Å². The molecule has 1 saturated heterocycles. The molecule has 2 aromatic carbocycles. The number of hydrogen-bond acceptors (Lipinski definition) is 2. The lowest BCUT2D eigenvalue weighted by Crippen LogP contribution is -2.37. The fourth-order valence-corrected chi connectivity index (χ4v) is 5.06. The van der Waals surface area contributed by atoms with Crippen LogP contribution in [0.3, 0.4) is 0 Å². The Morgan fingerprint density at radius 2 is 1.47 bits per heavy atom. The molecule has 0 spiro atoms. The minimum Gasteiger partial charge on any atom is -0.352 e. The zero-order valence-corrected chi connectivity index (χ0v) is 20.3. The lowest BCUT2D eigenvalue weighted by atomic mass is 9.78. The normalized spacial score (nSPS) is 25.7. The van der Waals surface area contributed by atoms with E-state index in [1.165, 1.54) is 0 Å². The average molecular weight is 507 g/mol. The van der Waals surface area contributed by atoms with Crippen molar-refractivity contribution in [3.05, 3.63) is 88.5 Å². The summed E-state index contributed by atoms with van der Waals surface area (Å²) >= 11 is 0. The number of allylic oxidation sites excluding steroid dienone is 3. The van der Waals surface area contributed by atoms with Crippen molar-refractivity contribution in [3.8, 4) is 0 Å². The van der Waals surface area contributed by atoms with E-state index < -0.39 is 29.1 Å². The summed E-state index contributed by atoms with van der Waals surface area (Å²) in [5, 5.41) is 0. The van der Waals surface area contributed by atoms with Gasteiger partial charge in [0, 0.05) is 23.8 Å². The van der Waals surface area contributed by atoms with Crippen molar-refractivity contribution >= 4 is 5.83 Å². The first kappa shape index (κ1) is 26.6. The molecule has 194 valence electrons. The molecule has 2 aliphatic rings. The molecule has 1 saturated carbocycles. The topological polar surface area (TPSA) is 18.5 Å². The zero-order valence-electron chi connectivity index (χ0n) is 20.3. The molecule has 0 amide bonds. The van der Waals surface area contributed by atoms with Crippen molar-refractivity contribution < 1.29 is 31.4 Å². The molecule has 0 unspecified atom stereocenters. The highest BCUT2D eigenvalue weighted by Crippen LogP contribution is 2.40. The van der Waals surface area contributed by atoms with Crippen LogP contribution in [0.4, 0.5) is 22.0 Å². The van der Waals surface area contributed by atoms with Gasteiger partial charge in [-0.05, 0) is 68.2 Å². The molecular formula is C29H31F5O2. The third-order valence-corrected chi connectivity index (χ3v) is 7.20. The minimum atomic E-state index is -1.44. The van der Waals surface area contributed by atoms with E-state index in [-0.39, 0.29) is 36.0 Å². The second-order valence-electron chi connectivity index (χ2n) is 9.59. The predicted molar refractivity (Wildman–Crippen MR) is 129 cm³/mol. The van der Waals surface area contributed by atoms with Crippen LogP contribution >= 0.6 is 0 Å². The summed E-state index contributed by atoms with van der Waals surface area (Å²) in [6.45, 7) is 2.74. The maximum absolute atomic E-state index is 14.4. The van der Waals surface area contributed by atoms with Crippen molar-refractivity contribution in [2.75, 3.05) is 13.2 Å². The van der Waals surface area contributed by atoms with E-state index in [1.54, 1.807) is 30.3 Å². The van der Waals surface area contributed by atoms with Crippen molar-refractivity contribution in [2.45, 2.75) is 63.6 Å². The Hall–Kier alpha value is -2.51. The largest absolute Gasteiger partial charge is 0.352 e. The monoisotopic (exact) mass is 506 g/mol. The van der Waals surface area contributed by atoms with Crippen LogP contribution in [0.1, 0.15) is 74.0 Å². The van der Waals surface area contributed by atoms with Crippen LogP contribution in [0.25, 0.3) is 5.83 Å². The number of hydrogen-bond donors (Lipinski definition) is 0. The second kappa shape index (κ2) is 12.2. The van der Waals surface area contributed by atoms with E-state index in [9.17, 15) is 22.0 Å². The van der Waals surface area contributed by atoms with Gasteiger partial charge in [-0.3, -0.25) is 0 Å². The maximum Gasteiger partial charge on any atom is 0.194 e. The Morgan fingerprint density at radius 1 is 0.861 bits per heavy atom. The lowest BCUT2D eigenvalue weighted by Gasteiger charge is -2.38. The Kier molecular flexibility index (Phi) is 8.96. The molecule has 7 heteroatoms. The highest BCUT2D eigenvalue weighted by atomic mass is 19.2. The Morgan fingerprint density at radius 3 is 2.06 bits per heavy atom. The first-order valence-corrected chi connectivity index (χ1v) is 12.5. The molecule has 1 heterocycles. The van der Waals surface area contributed by atoms with E-state index in [1.807, 2.05) is 13.0 Å². The molecule has 2 fully saturated rings. The summed E-state index contributed by atoms with van der Waals surface area (Å²) in [6.07, 6.45) is 6.73. The fraction of sp³-hybridized carbons (Fsp3) is 0.448. The van der Waals surface area contributed by atoms with Gasteiger partial charge in [-0.25, -0.2) is 22.0 Å². The molecule has 4 rings (SSSR count). The summed E-state index contributed by atoms with van der Waals surface area (Å²) in [6, 6.07) is 8.89. The second-order valence-corrected chi connectivity index (χ2v) is 9.59. The number of rotatable bonds is 7. The molecule has 1 aliphatic heterocycles. The quantitative estimate of drug-likeness (QED) is 0.213. The van der Waals surface area contributed by atoms with Gasteiger partial charge in [-0.1, -0.05) is 36.4 Å². The summed E-state index contributed by atoms with van der Waals surface area (Å²) in [5.41, 5.74) is 1.64. The van der Waals surface area contributed by atoms with E-state index >= 15 is 0 Å². The van der Waals surface area contributed by atoms with Crippen LogP contribution in [0.2, 0.25) is 0 Å². The summed E-state index contributed by atoms with van der Waals surface area (Å²) in [5.74, 6) is -5.19. The molecule has 36 heavy (non-hydrogen) atoms. The van der Waals surface area contributed by atoms with Crippen LogP contribution in [-0.2, 0) is 9.47 Å². The molecule has 0 N–H and O–H groups in total. The van der Waals surface area contributed by atoms with Gasteiger partial charge in [-0.15, -0.1) is 0 Å². The van der Waals surface area contributed by atoms with Gasteiger partial charge in [0.25, 0.3) is 0 Å². The molecule has 0 atom stereocenters. The molecule has 2 nitrogen and oxygen atoms in total. The summed E-state index contributed by atoms with van der Waals surface area (Å²) in [4.78, 5) is 0. The molecule has 0 bridgehead atoms. The van der Waals surface area contributed by atoms with E-state index in [2.05, 4.69) is 0 Å². The molecule has 1 aliphatic carbocycles. The average Bonchev–Trinajstić information content (AvgIpc) is 2.91. The van der Waals surface area contributed by atoms with Gasteiger partial charge < -0.3 is 9.47 Å². The van der Waals surface area contributed by atoms with Gasteiger partial charge in [0.15, 0.2) is 29.6 Å². The third kappa shape index (κ3) is 6.24. The van der Waals surface area contributed by atoms with E-state index in [0.29, 0.717) is 38.0 Å². The highest BCUT2D eigenvalue weighted by molar-refractivity contribution is 5.61. The number of halogens is 5.